The molecule has 9 nitrogen and oxygen atoms in total. The summed E-state index contributed by atoms with van der Waals surface area (Å²) in [6.07, 6.45) is 0. The van der Waals surface area contributed by atoms with Gasteiger partial charge in [-0.15, -0.1) is 0 Å². The topological polar surface area (TPSA) is 127 Å². The minimum atomic E-state index is -1.64. The smallest absolute Gasteiger partial charge is 0.324 e. The highest BCUT2D eigenvalue weighted by molar-refractivity contribution is 6.31. The maximum absolute atomic E-state index is 14.9. The van der Waals surface area contributed by atoms with E-state index in [1.807, 2.05) is 60.7 Å². The van der Waals surface area contributed by atoms with E-state index in [2.05, 4.69) is 25.5 Å². The summed E-state index contributed by atoms with van der Waals surface area (Å²) in [5, 5.41) is 11.0. The first kappa shape index (κ1) is 22.3. The summed E-state index contributed by atoms with van der Waals surface area (Å²) < 4.78 is 0. The van der Waals surface area contributed by atoms with E-state index in [1.165, 1.54) is 0 Å². The molecule has 2 aromatic heterocycles. The second-order valence-corrected chi connectivity index (χ2v) is 9.70. The molecule has 10 heteroatoms. The molecule has 0 saturated heterocycles. The summed E-state index contributed by atoms with van der Waals surface area (Å²) >= 11 is 6.52. The van der Waals surface area contributed by atoms with E-state index in [9.17, 15) is 14.4 Å². The molecular formula is C28H19ClN6O3. The molecule has 1 unspecified atom stereocenters. The lowest BCUT2D eigenvalue weighted by Crippen LogP contribution is -2.49. The summed E-state index contributed by atoms with van der Waals surface area (Å²) in [4.78, 5) is 47.4. The van der Waals surface area contributed by atoms with Gasteiger partial charge in [-0.1, -0.05) is 72.3 Å². The summed E-state index contributed by atoms with van der Waals surface area (Å²) in [5.41, 5.74) is 0.971. The number of benzene rings is 3. The van der Waals surface area contributed by atoms with E-state index >= 15 is 0 Å². The van der Waals surface area contributed by atoms with Crippen molar-refractivity contribution in [3.8, 4) is 11.3 Å². The van der Waals surface area contributed by atoms with Crippen molar-refractivity contribution < 1.29 is 4.79 Å². The number of anilines is 3. The Morgan fingerprint density at radius 2 is 1.61 bits per heavy atom. The van der Waals surface area contributed by atoms with Crippen molar-refractivity contribution in [1.29, 1.82) is 0 Å². The fourth-order valence-electron chi connectivity index (χ4n) is 5.67. The molecule has 4 heterocycles. The average molecular weight is 523 g/mol. The molecule has 7 rings (SSSR count). The number of amides is 1. The zero-order chi connectivity index (χ0) is 26.0. The number of hydrogen-bond acceptors (Lipinski definition) is 5. The predicted octanol–water partition coefficient (Wildman–Crippen LogP) is 4.04. The molecule has 4 N–H and O–H groups in total. The fraction of sp³-hybridized carbons (Fsp3) is 0.0714. The van der Waals surface area contributed by atoms with Crippen LogP contribution in [0.15, 0.2) is 88.5 Å². The summed E-state index contributed by atoms with van der Waals surface area (Å²) in [6, 6.07) is 24.3. The molecule has 1 atom stereocenters. The highest BCUT2D eigenvalue weighted by Gasteiger charge is 2.60. The van der Waals surface area contributed by atoms with E-state index in [4.69, 9.17) is 11.6 Å². The monoisotopic (exact) mass is 522 g/mol. The zero-order valence-corrected chi connectivity index (χ0v) is 20.5. The summed E-state index contributed by atoms with van der Waals surface area (Å²) in [7, 11) is 0. The molecule has 38 heavy (non-hydrogen) atoms. The van der Waals surface area contributed by atoms with Crippen LogP contribution in [0.4, 0.5) is 17.3 Å². The quantitative estimate of drug-likeness (QED) is 0.284. The van der Waals surface area contributed by atoms with Crippen molar-refractivity contribution in [2.24, 2.45) is 0 Å². The van der Waals surface area contributed by atoms with Gasteiger partial charge in [0.1, 0.15) is 11.2 Å². The second-order valence-electron chi connectivity index (χ2n) is 9.26. The van der Waals surface area contributed by atoms with Crippen molar-refractivity contribution in [3.05, 3.63) is 127 Å². The van der Waals surface area contributed by atoms with Crippen molar-refractivity contribution in [2.75, 3.05) is 10.2 Å². The van der Waals surface area contributed by atoms with Gasteiger partial charge < -0.3 is 10.2 Å². The number of H-pyrrole nitrogens is 3. The summed E-state index contributed by atoms with van der Waals surface area (Å²) in [5.74, 6) is 0.0930. The Hall–Kier alpha value is -4.89. The van der Waals surface area contributed by atoms with Crippen LogP contribution in [-0.2, 0) is 16.8 Å². The Labute approximate surface area is 220 Å². The zero-order valence-electron chi connectivity index (χ0n) is 19.7. The van der Waals surface area contributed by atoms with Gasteiger partial charge in [-0.3, -0.25) is 24.7 Å². The van der Waals surface area contributed by atoms with Crippen LogP contribution in [0.25, 0.3) is 11.3 Å². The molecule has 0 saturated carbocycles. The number of aromatic nitrogens is 4. The normalized spacial score (nSPS) is 17.2. The van der Waals surface area contributed by atoms with Crippen LogP contribution in [0.5, 0.6) is 0 Å². The summed E-state index contributed by atoms with van der Waals surface area (Å²) in [6.45, 7) is 0.272. The molecule has 0 aliphatic carbocycles. The number of nitrogens with one attached hydrogen (secondary N) is 4. The van der Waals surface area contributed by atoms with E-state index < -0.39 is 16.7 Å². The molecule has 1 spiro atoms. The van der Waals surface area contributed by atoms with E-state index in [1.54, 1.807) is 23.1 Å². The molecule has 186 valence electrons. The molecule has 0 fully saturated rings. The third-order valence-electron chi connectivity index (χ3n) is 7.17. The Morgan fingerprint density at radius 3 is 2.37 bits per heavy atom. The molecule has 2 aliphatic heterocycles. The highest BCUT2D eigenvalue weighted by atomic mass is 35.5. The number of aromatic amines is 3. The Kier molecular flexibility index (Phi) is 4.73. The maximum atomic E-state index is 14.9. The van der Waals surface area contributed by atoms with Crippen molar-refractivity contribution in [2.45, 2.75) is 12.0 Å². The van der Waals surface area contributed by atoms with Crippen LogP contribution in [0, 0.1) is 0 Å². The van der Waals surface area contributed by atoms with E-state index in [-0.39, 0.29) is 23.8 Å². The molecule has 2 aliphatic rings. The lowest BCUT2D eigenvalue weighted by atomic mass is 9.68. The number of rotatable bonds is 3. The van der Waals surface area contributed by atoms with Crippen molar-refractivity contribution >= 4 is 34.8 Å². The van der Waals surface area contributed by atoms with E-state index in [0.717, 1.165) is 11.1 Å². The van der Waals surface area contributed by atoms with Crippen LogP contribution < -0.4 is 21.5 Å². The predicted molar refractivity (Wildman–Crippen MR) is 144 cm³/mol. The van der Waals surface area contributed by atoms with Crippen LogP contribution in [0.2, 0.25) is 5.02 Å². The lowest BCUT2D eigenvalue weighted by molar-refractivity contribution is -0.120. The van der Waals surface area contributed by atoms with Gasteiger partial charge in [0.25, 0.3) is 5.56 Å². The number of carbonyl (C=O) groups excluding carboxylic acids is 1. The van der Waals surface area contributed by atoms with Gasteiger partial charge in [-0.25, -0.2) is 4.79 Å². The van der Waals surface area contributed by atoms with Gasteiger partial charge in [0.15, 0.2) is 5.82 Å². The minimum Gasteiger partial charge on any atom is -0.324 e. The first-order valence-corrected chi connectivity index (χ1v) is 12.3. The van der Waals surface area contributed by atoms with E-state index in [0.29, 0.717) is 33.3 Å². The fourth-order valence-corrected chi connectivity index (χ4v) is 5.84. The molecular weight excluding hydrogens is 504 g/mol. The van der Waals surface area contributed by atoms with Crippen molar-refractivity contribution in [1.82, 2.24) is 20.2 Å². The van der Waals surface area contributed by atoms with Gasteiger partial charge in [-0.2, -0.15) is 5.10 Å². The van der Waals surface area contributed by atoms with Gasteiger partial charge in [0, 0.05) is 21.8 Å². The first-order chi connectivity index (χ1) is 18.5. The maximum Gasteiger partial charge on any atom is 0.327 e. The van der Waals surface area contributed by atoms with Crippen molar-refractivity contribution in [3.63, 3.8) is 0 Å². The van der Waals surface area contributed by atoms with Gasteiger partial charge in [0.2, 0.25) is 5.91 Å². The first-order valence-electron chi connectivity index (χ1n) is 11.9. The van der Waals surface area contributed by atoms with Gasteiger partial charge in [-0.05, 0) is 29.3 Å². The third kappa shape index (κ3) is 2.99. The number of hydrogen-bond donors (Lipinski definition) is 4. The Morgan fingerprint density at radius 1 is 0.868 bits per heavy atom. The minimum absolute atomic E-state index is 0.0762. The number of nitrogens with zero attached hydrogens (tertiary/aromatic N) is 2. The Bertz CT molecular complexity index is 1860. The van der Waals surface area contributed by atoms with Crippen LogP contribution >= 0.6 is 11.6 Å². The third-order valence-corrected chi connectivity index (χ3v) is 7.40. The van der Waals surface area contributed by atoms with Gasteiger partial charge in [0.05, 0.1) is 17.8 Å². The Balaban J connectivity index is 1.60. The molecule has 1 amide bonds. The number of halogens is 1. The number of fused-ring (bicyclic) bond motifs is 6. The molecule has 5 aromatic rings. The number of carbonyl (C=O) groups is 1. The van der Waals surface area contributed by atoms with Crippen LogP contribution in [-0.4, -0.2) is 26.1 Å². The SMILES string of the molecule is O=C1N(Cc2ccccc2)c2ccc(Cl)cc2C12c1c(n[nH]c1-c1ccccc1)Nc1[nH]c(=O)[nH]c(=O)c12. The van der Waals surface area contributed by atoms with Crippen LogP contribution in [0.1, 0.15) is 22.3 Å². The highest BCUT2D eigenvalue weighted by Crippen LogP contribution is 2.57. The average Bonchev–Trinajstić information content (AvgIpc) is 3.43. The van der Waals surface area contributed by atoms with Crippen LogP contribution in [0.3, 0.4) is 0 Å². The lowest BCUT2D eigenvalue weighted by Gasteiger charge is -2.34. The molecule has 3 aromatic carbocycles. The van der Waals surface area contributed by atoms with Gasteiger partial charge >= 0.3 is 5.69 Å². The molecule has 0 bridgehead atoms. The largest absolute Gasteiger partial charge is 0.327 e. The second kappa shape index (κ2) is 8.06. The standard InChI is InChI=1S/C28H19ClN6O3/c29-17-11-12-19-18(13-17)28(26(37)35(19)14-15-7-3-1-4-8-15)20-22(16-9-5-2-6-10-16)33-34-24(20)30-23-21(28)25(36)32-27(38)31-23/h1-13H,14H2,(H4,30,31,32,33,34,36,38). The molecule has 0 radical (unpaired) electrons.